The molecule has 29 heavy (non-hydrogen) atoms. The lowest BCUT2D eigenvalue weighted by molar-refractivity contribution is -0.118. The Morgan fingerprint density at radius 3 is 2.55 bits per heavy atom. The largest absolute Gasteiger partial charge is 0.308 e. The predicted molar refractivity (Wildman–Crippen MR) is 114 cm³/mol. The number of benzene rings is 2. The summed E-state index contributed by atoms with van der Waals surface area (Å²) in [6, 6.07) is 19.4. The summed E-state index contributed by atoms with van der Waals surface area (Å²) in [7, 11) is 0. The smallest absolute Gasteiger partial charge is 0.233 e. The molecule has 0 saturated carbocycles. The average molecular weight is 408 g/mol. The van der Waals surface area contributed by atoms with E-state index in [1.807, 2.05) is 42.5 Å². The van der Waals surface area contributed by atoms with Crippen LogP contribution in [0.25, 0.3) is 0 Å². The molecule has 2 heterocycles. The zero-order chi connectivity index (χ0) is 20.1. The molecule has 148 valence electrons. The highest BCUT2D eigenvalue weighted by atomic mass is 35.5. The van der Waals surface area contributed by atoms with Gasteiger partial charge in [0.2, 0.25) is 5.91 Å². The number of halogens is 1. The maximum Gasteiger partial charge on any atom is 0.233 e. The Morgan fingerprint density at radius 1 is 1.07 bits per heavy atom. The summed E-state index contributed by atoms with van der Waals surface area (Å²) < 4.78 is 0. The fourth-order valence-corrected chi connectivity index (χ4v) is 3.66. The van der Waals surface area contributed by atoms with E-state index in [0.717, 1.165) is 24.3 Å². The Bertz CT molecular complexity index is 958. The molecule has 2 aromatic carbocycles. The molecule has 1 aliphatic heterocycles. The monoisotopic (exact) mass is 407 g/mol. The minimum absolute atomic E-state index is 0.0394. The van der Waals surface area contributed by atoms with Crippen molar-refractivity contribution in [1.29, 1.82) is 0 Å². The van der Waals surface area contributed by atoms with Gasteiger partial charge in [-0.3, -0.25) is 15.6 Å². The van der Waals surface area contributed by atoms with E-state index >= 15 is 0 Å². The second-order valence-electron chi connectivity index (χ2n) is 7.05. The summed E-state index contributed by atoms with van der Waals surface area (Å²) in [6.07, 6.45) is 1.79. The third-order valence-corrected chi connectivity index (χ3v) is 5.22. The van der Waals surface area contributed by atoms with Gasteiger partial charge in [0.25, 0.3) is 0 Å². The third-order valence-electron chi connectivity index (χ3n) is 4.99. The summed E-state index contributed by atoms with van der Waals surface area (Å²) in [5.41, 5.74) is 10.0. The van der Waals surface area contributed by atoms with Crippen LogP contribution >= 0.6 is 11.6 Å². The molecule has 1 aromatic heterocycles. The fourth-order valence-electron chi connectivity index (χ4n) is 3.44. The highest BCUT2D eigenvalue weighted by Crippen LogP contribution is 2.24. The van der Waals surface area contributed by atoms with E-state index in [1.54, 1.807) is 17.2 Å². The molecule has 0 atom stereocenters. The number of amides is 1. The minimum Gasteiger partial charge on any atom is -0.308 e. The first-order valence-electron chi connectivity index (χ1n) is 9.56. The molecule has 0 aliphatic carbocycles. The molecular weight excluding hydrogens is 386 g/mol. The van der Waals surface area contributed by atoms with Crippen molar-refractivity contribution in [2.45, 2.75) is 18.9 Å². The van der Waals surface area contributed by atoms with Crippen molar-refractivity contribution >= 4 is 23.2 Å². The molecule has 3 aromatic rings. The van der Waals surface area contributed by atoms with Gasteiger partial charge in [-0.1, -0.05) is 35.9 Å². The Hall–Kier alpha value is -2.80. The van der Waals surface area contributed by atoms with Crippen LogP contribution in [0, 0.1) is 0 Å². The van der Waals surface area contributed by atoms with Gasteiger partial charge in [0.15, 0.2) is 0 Å². The molecule has 6 nitrogen and oxygen atoms in total. The Balaban J connectivity index is 1.59. The lowest BCUT2D eigenvalue weighted by atomic mass is 10.00. The molecule has 0 bridgehead atoms. The standard InChI is InChI=1S/C22H22ClN5O/c23-19-4-1-3-16(11-19)15-28(22(29)12-20-5-2-10-24-27-20)21-8-6-17(7-9-21)18-13-25-26-14-18/h1-11,18,25-26H,12-15H2. The van der Waals surface area contributed by atoms with Crippen LogP contribution < -0.4 is 15.8 Å². The molecule has 1 aliphatic rings. The molecule has 2 N–H and O–H groups in total. The lowest BCUT2D eigenvalue weighted by Crippen LogP contribution is -2.32. The molecule has 4 rings (SSSR count). The summed E-state index contributed by atoms with van der Waals surface area (Å²) in [4.78, 5) is 14.9. The molecule has 1 saturated heterocycles. The van der Waals surface area contributed by atoms with Gasteiger partial charge in [0, 0.05) is 35.9 Å². The number of hydrogen-bond donors (Lipinski definition) is 2. The minimum atomic E-state index is -0.0394. The Kier molecular flexibility index (Phi) is 6.14. The number of carbonyl (C=O) groups is 1. The van der Waals surface area contributed by atoms with E-state index in [0.29, 0.717) is 23.2 Å². The van der Waals surface area contributed by atoms with Gasteiger partial charge in [0.05, 0.1) is 18.7 Å². The van der Waals surface area contributed by atoms with Crippen LogP contribution in [0.2, 0.25) is 5.02 Å². The van der Waals surface area contributed by atoms with E-state index in [1.165, 1.54) is 5.56 Å². The molecule has 7 heteroatoms. The molecule has 1 amide bonds. The Labute approximate surface area is 174 Å². The van der Waals surface area contributed by atoms with Crippen LogP contribution in [-0.4, -0.2) is 29.2 Å². The van der Waals surface area contributed by atoms with Gasteiger partial charge in [-0.15, -0.1) is 0 Å². The van der Waals surface area contributed by atoms with Crippen molar-refractivity contribution in [3.63, 3.8) is 0 Å². The Morgan fingerprint density at radius 2 is 1.86 bits per heavy atom. The van der Waals surface area contributed by atoms with Crippen LogP contribution in [0.3, 0.4) is 0 Å². The number of nitrogens with zero attached hydrogens (tertiary/aromatic N) is 3. The van der Waals surface area contributed by atoms with Crippen LogP contribution in [0.15, 0.2) is 66.9 Å². The first-order valence-corrected chi connectivity index (χ1v) is 9.94. The van der Waals surface area contributed by atoms with Gasteiger partial charge >= 0.3 is 0 Å². The van der Waals surface area contributed by atoms with Crippen molar-refractivity contribution in [3.8, 4) is 0 Å². The summed E-state index contributed by atoms with van der Waals surface area (Å²) in [5, 5.41) is 8.57. The number of aromatic nitrogens is 2. The van der Waals surface area contributed by atoms with Gasteiger partial charge < -0.3 is 4.90 Å². The number of hydrogen-bond acceptors (Lipinski definition) is 5. The third kappa shape index (κ3) is 4.98. The average Bonchev–Trinajstić information content (AvgIpc) is 3.28. The zero-order valence-corrected chi connectivity index (χ0v) is 16.6. The van der Waals surface area contributed by atoms with Gasteiger partial charge in [-0.25, -0.2) is 0 Å². The first-order chi connectivity index (χ1) is 14.2. The molecular formula is C22H22ClN5O. The second-order valence-corrected chi connectivity index (χ2v) is 7.49. The molecule has 0 spiro atoms. The number of rotatable bonds is 6. The SMILES string of the molecule is O=C(Cc1cccnn1)N(Cc1cccc(Cl)c1)c1ccc(C2CNNC2)cc1. The number of hydrazine groups is 1. The van der Waals surface area contributed by atoms with Crippen molar-refractivity contribution in [1.82, 2.24) is 21.0 Å². The predicted octanol–water partition coefficient (Wildman–Crippen LogP) is 3.10. The van der Waals surface area contributed by atoms with E-state index in [-0.39, 0.29) is 12.3 Å². The number of anilines is 1. The normalized spacial score (nSPS) is 14.1. The first kappa shape index (κ1) is 19.5. The van der Waals surface area contributed by atoms with Gasteiger partial charge in [-0.05, 0) is 47.5 Å². The maximum atomic E-state index is 13.1. The van der Waals surface area contributed by atoms with Crippen molar-refractivity contribution in [2.24, 2.45) is 0 Å². The van der Waals surface area contributed by atoms with Crippen LogP contribution in [-0.2, 0) is 17.8 Å². The van der Waals surface area contributed by atoms with Crippen molar-refractivity contribution < 1.29 is 4.79 Å². The van der Waals surface area contributed by atoms with E-state index in [9.17, 15) is 4.79 Å². The zero-order valence-electron chi connectivity index (χ0n) is 15.9. The highest BCUT2D eigenvalue weighted by molar-refractivity contribution is 6.30. The summed E-state index contributed by atoms with van der Waals surface area (Å²) >= 11 is 6.14. The molecule has 1 fully saturated rings. The second kappa shape index (κ2) is 9.13. The molecule has 0 radical (unpaired) electrons. The quantitative estimate of drug-likeness (QED) is 0.657. The van der Waals surface area contributed by atoms with Gasteiger partial charge in [-0.2, -0.15) is 10.2 Å². The van der Waals surface area contributed by atoms with E-state index < -0.39 is 0 Å². The highest BCUT2D eigenvalue weighted by Gasteiger charge is 2.20. The lowest BCUT2D eigenvalue weighted by Gasteiger charge is -2.24. The number of nitrogens with one attached hydrogen (secondary N) is 2. The van der Waals surface area contributed by atoms with Crippen LogP contribution in [0.4, 0.5) is 5.69 Å². The summed E-state index contributed by atoms with van der Waals surface area (Å²) in [6.45, 7) is 2.24. The van der Waals surface area contributed by atoms with Crippen molar-refractivity contribution in [3.05, 3.63) is 88.7 Å². The number of carbonyl (C=O) groups excluding carboxylic acids is 1. The van der Waals surface area contributed by atoms with Gasteiger partial charge in [0.1, 0.15) is 0 Å². The van der Waals surface area contributed by atoms with Crippen LogP contribution in [0.1, 0.15) is 22.7 Å². The fraction of sp³-hybridized carbons (Fsp3) is 0.227. The maximum absolute atomic E-state index is 13.1. The van der Waals surface area contributed by atoms with E-state index in [4.69, 9.17) is 11.6 Å². The van der Waals surface area contributed by atoms with Crippen LogP contribution in [0.5, 0.6) is 0 Å². The summed E-state index contributed by atoms with van der Waals surface area (Å²) in [5.74, 6) is 0.392. The van der Waals surface area contributed by atoms with Crippen molar-refractivity contribution in [2.75, 3.05) is 18.0 Å². The topological polar surface area (TPSA) is 70.2 Å². The molecule has 0 unspecified atom stereocenters. The van der Waals surface area contributed by atoms with E-state index in [2.05, 4.69) is 33.2 Å².